The Hall–Kier alpha value is -5.44. The lowest BCUT2D eigenvalue weighted by molar-refractivity contribution is -0.120. The fraction of sp³-hybridized carbons (Fsp3) is 0.432. The van der Waals surface area contributed by atoms with Crippen LogP contribution in [0.15, 0.2) is 41.5 Å². The quantitative estimate of drug-likeness (QED) is 0.211. The van der Waals surface area contributed by atoms with Gasteiger partial charge < -0.3 is 18.9 Å². The molecule has 2 aromatic carbocycles. The third-order valence-electron chi connectivity index (χ3n) is 11.2. The van der Waals surface area contributed by atoms with E-state index in [9.17, 15) is 14.4 Å². The minimum atomic E-state index is -0.550. The molecule has 3 fully saturated rings. The second-order valence-corrected chi connectivity index (χ2v) is 14.0. The number of nitrogens with one attached hydrogen (secondary N) is 3. The minimum Gasteiger partial charge on any atom is -0.496 e. The van der Waals surface area contributed by atoms with Crippen LogP contribution in [-0.4, -0.2) is 88.7 Å². The Bertz CT molecular complexity index is 2200. The molecule has 3 amide bonds. The molecule has 0 saturated carbocycles. The van der Waals surface area contributed by atoms with Crippen LogP contribution in [0.4, 0.5) is 20.7 Å². The summed E-state index contributed by atoms with van der Waals surface area (Å²) in [5.74, 6) is 2.27. The molecule has 8 rings (SSSR count). The average Bonchev–Trinajstić information content (AvgIpc) is 3.83. The van der Waals surface area contributed by atoms with Crippen LogP contribution in [0.3, 0.4) is 0 Å². The summed E-state index contributed by atoms with van der Waals surface area (Å²) in [6.45, 7) is 4.37. The second-order valence-electron chi connectivity index (χ2n) is 14.0. The third-order valence-corrected chi connectivity index (χ3v) is 11.2. The maximum atomic E-state index is 15.8. The van der Waals surface area contributed by atoms with Crippen molar-refractivity contribution in [3.8, 4) is 22.6 Å². The first-order valence-corrected chi connectivity index (χ1v) is 17.8. The number of nitrogens with zero attached hydrogens (tertiary/aromatic N) is 6. The Morgan fingerprint density at radius 1 is 0.885 bits per heavy atom. The molecular weight excluding hydrogens is 669 g/mol. The number of aromatic amines is 2. The molecule has 6 heterocycles. The number of aryl methyl sites for hydroxylation is 1. The fourth-order valence-corrected chi connectivity index (χ4v) is 8.34. The van der Waals surface area contributed by atoms with Crippen molar-refractivity contribution in [3.05, 3.63) is 58.4 Å². The van der Waals surface area contributed by atoms with Crippen molar-refractivity contribution in [2.45, 2.75) is 38.6 Å². The van der Waals surface area contributed by atoms with Gasteiger partial charge in [-0.15, -0.1) is 0 Å². The number of halogens is 1. The van der Waals surface area contributed by atoms with E-state index in [1.165, 1.54) is 4.90 Å². The van der Waals surface area contributed by atoms with Crippen molar-refractivity contribution < 1.29 is 23.5 Å². The molecule has 14 nitrogen and oxygen atoms in total. The van der Waals surface area contributed by atoms with E-state index in [0.717, 1.165) is 85.4 Å². The lowest BCUT2D eigenvalue weighted by Crippen LogP contribution is -2.49. The van der Waals surface area contributed by atoms with Crippen LogP contribution in [-0.2, 0) is 18.4 Å². The van der Waals surface area contributed by atoms with Gasteiger partial charge in [0.2, 0.25) is 5.91 Å². The average molecular weight is 712 g/mol. The number of likely N-dealkylation sites (tertiary alicyclic amines) is 1. The molecule has 3 saturated heterocycles. The van der Waals surface area contributed by atoms with Crippen LogP contribution in [0.1, 0.15) is 37.7 Å². The number of piperidine rings is 2. The van der Waals surface area contributed by atoms with Crippen LogP contribution in [0.2, 0.25) is 0 Å². The Morgan fingerprint density at radius 3 is 2.25 bits per heavy atom. The molecular formula is C37H42FN9O5. The highest BCUT2D eigenvalue weighted by molar-refractivity contribution is 6.09. The number of hydrogen-bond acceptors (Lipinski definition) is 9. The van der Waals surface area contributed by atoms with E-state index in [-0.39, 0.29) is 35.8 Å². The summed E-state index contributed by atoms with van der Waals surface area (Å²) in [4.78, 5) is 42.5. The highest BCUT2D eigenvalue weighted by Crippen LogP contribution is 2.40. The first-order valence-electron chi connectivity index (χ1n) is 17.8. The van der Waals surface area contributed by atoms with Gasteiger partial charge in [-0.2, -0.15) is 10.2 Å². The molecule has 0 spiro atoms. The maximum absolute atomic E-state index is 15.8. The zero-order valence-electron chi connectivity index (χ0n) is 29.5. The van der Waals surface area contributed by atoms with Gasteiger partial charge in [0.15, 0.2) is 11.6 Å². The number of aromatic nitrogens is 5. The number of imide groups is 1. The number of pyridine rings is 1. The summed E-state index contributed by atoms with van der Waals surface area (Å²) in [6.07, 6.45) is 7.84. The standard InChI is InChI=1S/C37H42FN9O5/c1-44-19-26(25-18-39-41-34(25)36(44)49)23-16-29(51-2)27(30(17-23)52-3)20-45-11-6-21(7-12-45)22-8-13-46(14-9-22)28-5-4-24-33(32(28)38)42-43-35(24)47-15-10-31(48)40-37(47)50/h4-5,16-19,21-22H,6-15,20H2,1-3H3,(H,39,41)(H,42,43)(H,40,48,50). The first kappa shape index (κ1) is 33.7. The summed E-state index contributed by atoms with van der Waals surface area (Å²) in [5.41, 5.74) is 3.85. The number of urea groups is 1. The van der Waals surface area contributed by atoms with Gasteiger partial charge in [-0.05, 0) is 80.4 Å². The van der Waals surface area contributed by atoms with Gasteiger partial charge in [-0.25, -0.2) is 9.18 Å². The topological polar surface area (TPSA) is 154 Å². The third kappa shape index (κ3) is 5.91. The van der Waals surface area contributed by atoms with Crippen LogP contribution >= 0.6 is 0 Å². The van der Waals surface area contributed by atoms with E-state index in [1.54, 1.807) is 44.2 Å². The van der Waals surface area contributed by atoms with E-state index >= 15 is 4.39 Å². The lowest BCUT2D eigenvalue weighted by atomic mass is 9.78. The molecule has 3 N–H and O–H groups in total. The van der Waals surface area contributed by atoms with E-state index in [2.05, 4.69) is 35.5 Å². The Morgan fingerprint density at radius 2 is 1.58 bits per heavy atom. The Balaban J connectivity index is 0.901. The van der Waals surface area contributed by atoms with E-state index in [4.69, 9.17) is 9.47 Å². The molecule has 15 heteroatoms. The van der Waals surface area contributed by atoms with Gasteiger partial charge in [0, 0.05) is 62.2 Å². The molecule has 272 valence electrons. The van der Waals surface area contributed by atoms with Gasteiger partial charge in [-0.3, -0.25) is 34.9 Å². The number of carbonyl (C=O) groups is 2. The molecule has 0 unspecified atom stereocenters. The predicted molar refractivity (Wildman–Crippen MR) is 194 cm³/mol. The number of hydrogen-bond donors (Lipinski definition) is 3. The van der Waals surface area contributed by atoms with Gasteiger partial charge in [0.1, 0.15) is 22.5 Å². The monoisotopic (exact) mass is 711 g/mol. The summed E-state index contributed by atoms with van der Waals surface area (Å²) in [7, 11) is 5.07. The van der Waals surface area contributed by atoms with Gasteiger partial charge in [-0.1, -0.05) is 0 Å². The molecule has 3 aliphatic heterocycles. The molecule has 0 atom stereocenters. The molecule has 3 aromatic heterocycles. The van der Waals surface area contributed by atoms with Crippen LogP contribution in [0.25, 0.3) is 32.9 Å². The zero-order valence-corrected chi connectivity index (χ0v) is 29.5. The highest BCUT2D eigenvalue weighted by Gasteiger charge is 2.33. The largest absolute Gasteiger partial charge is 0.496 e. The van der Waals surface area contributed by atoms with Crippen molar-refractivity contribution in [3.63, 3.8) is 0 Å². The van der Waals surface area contributed by atoms with Gasteiger partial charge >= 0.3 is 6.03 Å². The van der Waals surface area contributed by atoms with Gasteiger partial charge in [0.25, 0.3) is 5.56 Å². The molecule has 3 aliphatic rings. The summed E-state index contributed by atoms with van der Waals surface area (Å²) >= 11 is 0. The second kappa shape index (κ2) is 13.6. The number of carbonyl (C=O) groups excluding carboxylic acids is 2. The van der Waals surface area contributed by atoms with Crippen molar-refractivity contribution in [2.75, 3.05) is 56.7 Å². The Kier molecular flexibility index (Phi) is 8.81. The number of benzene rings is 2. The first-order chi connectivity index (χ1) is 25.2. The predicted octanol–water partition coefficient (Wildman–Crippen LogP) is 4.54. The zero-order chi connectivity index (χ0) is 36.1. The minimum absolute atomic E-state index is 0.135. The number of rotatable bonds is 8. The van der Waals surface area contributed by atoms with E-state index in [0.29, 0.717) is 40.8 Å². The van der Waals surface area contributed by atoms with Crippen LogP contribution in [0.5, 0.6) is 11.5 Å². The van der Waals surface area contributed by atoms with Crippen LogP contribution in [0, 0.1) is 17.7 Å². The van der Waals surface area contributed by atoms with Gasteiger partial charge in [0.05, 0.1) is 31.7 Å². The van der Waals surface area contributed by atoms with E-state index in [1.807, 2.05) is 18.3 Å². The summed E-state index contributed by atoms with van der Waals surface area (Å²) < 4.78 is 29.2. The molecule has 0 bridgehead atoms. The number of methoxy groups -OCH3 is 2. The van der Waals surface area contributed by atoms with Crippen molar-refractivity contribution in [2.24, 2.45) is 18.9 Å². The normalized spacial score (nSPS) is 18.1. The number of fused-ring (bicyclic) bond motifs is 2. The molecule has 5 aromatic rings. The SMILES string of the molecule is COc1cc(-c2cn(C)c(=O)c3[nH]ncc23)cc(OC)c1CN1CCC(C2CCN(c3ccc4c(N5CCC(=O)NC5=O)n[nH]c4c3F)CC2)CC1. The highest BCUT2D eigenvalue weighted by atomic mass is 19.1. The summed E-state index contributed by atoms with van der Waals surface area (Å²) in [5, 5.41) is 17.5. The van der Waals surface area contributed by atoms with Crippen molar-refractivity contribution in [1.29, 1.82) is 0 Å². The van der Waals surface area contributed by atoms with Crippen molar-refractivity contribution in [1.82, 2.24) is 35.2 Å². The fourth-order valence-electron chi connectivity index (χ4n) is 8.34. The van der Waals surface area contributed by atoms with Crippen LogP contribution < -0.4 is 30.1 Å². The number of H-pyrrole nitrogens is 2. The van der Waals surface area contributed by atoms with E-state index < -0.39 is 6.03 Å². The maximum Gasteiger partial charge on any atom is 0.329 e. The summed E-state index contributed by atoms with van der Waals surface area (Å²) in [6, 6.07) is 7.04. The lowest BCUT2D eigenvalue weighted by Gasteiger charge is -2.41. The smallest absolute Gasteiger partial charge is 0.329 e. The molecule has 52 heavy (non-hydrogen) atoms. The van der Waals surface area contributed by atoms with Crippen molar-refractivity contribution >= 4 is 45.2 Å². The molecule has 0 aliphatic carbocycles. The number of amides is 3. The molecule has 0 radical (unpaired) electrons. The number of anilines is 2. The number of ether oxygens (including phenoxy) is 2. The Labute approximate surface area is 298 Å².